The molecule has 2 rings (SSSR count). The molecule has 0 spiro atoms. The minimum Gasteiger partial charge on any atom is -0.366 e. The molecular weight excluding hydrogens is 262 g/mol. The van der Waals surface area contributed by atoms with Crippen LogP contribution >= 0.6 is 0 Å². The molecule has 0 aliphatic heterocycles. The maximum atomic E-state index is 4.63. The highest BCUT2D eigenvalue weighted by molar-refractivity contribution is 5.90. The summed E-state index contributed by atoms with van der Waals surface area (Å²) in [7, 11) is 4.15. The van der Waals surface area contributed by atoms with Crippen molar-refractivity contribution in [3.63, 3.8) is 0 Å². The van der Waals surface area contributed by atoms with E-state index < -0.39 is 0 Å². The Kier molecular flexibility index (Phi) is 5.33. The number of likely N-dealkylation sites (N-methyl/N-ethyl adjacent to an activating group) is 1. The summed E-state index contributed by atoms with van der Waals surface area (Å²) in [5.41, 5.74) is 0.964. The van der Waals surface area contributed by atoms with Gasteiger partial charge in [-0.3, -0.25) is 0 Å². The first kappa shape index (κ1) is 15.5. The zero-order valence-corrected chi connectivity index (χ0v) is 13.3. The van der Waals surface area contributed by atoms with Crippen LogP contribution in [0.25, 0.3) is 10.9 Å². The van der Waals surface area contributed by atoms with Gasteiger partial charge in [-0.05, 0) is 39.6 Å². The van der Waals surface area contributed by atoms with Crippen LogP contribution in [-0.4, -0.2) is 48.1 Å². The van der Waals surface area contributed by atoms with Crippen molar-refractivity contribution in [2.24, 2.45) is 0 Å². The fourth-order valence-electron chi connectivity index (χ4n) is 2.33. The van der Waals surface area contributed by atoms with Gasteiger partial charge in [0.05, 0.1) is 5.52 Å². The number of nitrogens with zero attached hydrogens (tertiary/aromatic N) is 3. The summed E-state index contributed by atoms with van der Waals surface area (Å²) in [4.78, 5) is 11.4. The third-order valence-electron chi connectivity index (χ3n) is 3.16. The molecule has 0 aliphatic rings. The van der Waals surface area contributed by atoms with E-state index in [1.165, 1.54) is 0 Å². The van der Waals surface area contributed by atoms with Crippen LogP contribution in [0.2, 0.25) is 0 Å². The summed E-state index contributed by atoms with van der Waals surface area (Å²) in [6, 6.07) is 8.43. The first-order valence-electron chi connectivity index (χ1n) is 7.52. The predicted molar refractivity (Wildman–Crippen MR) is 90.0 cm³/mol. The lowest BCUT2D eigenvalue weighted by Crippen LogP contribution is -2.30. The minimum atomic E-state index is 0.317. The van der Waals surface area contributed by atoms with Crippen LogP contribution < -0.4 is 10.6 Å². The first-order chi connectivity index (χ1) is 10.1. The molecule has 114 valence electrons. The molecule has 0 amide bonds. The summed E-state index contributed by atoms with van der Waals surface area (Å²) in [6.45, 7) is 6.13. The summed E-state index contributed by atoms with van der Waals surface area (Å²) in [5, 5.41) is 7.83. The Bertz CT molecular complexity index is 582. The monoisotopic (exact) mass is 287 g/mol. The van der Waals surface area contributed by atoms with E-state index in [4.69, 9.17) is 0 Å². The number of anilines is 2. The fourth-order valence-corrected chi connectivity index (χ4v) is 2.33. The van der Waals surface area contributed by atoms with E-state index in [-0.39, 0.29) is 0 Å². The molecule has 0 fully saturated rings. The van der Waals surface area contributed by atoms with Gasteiger partial charge in [0.1, 0.15) is 5.82 Å². The Hall–Kier alpha value is -1.88. The minimum absolute atomic E-state index is 0.317. The van der Waals surface area contributed by atoms with Crippen molar-refractivity contribution >= 4 is 22.7 Å². The number of hydrogen-bond donors (Lipinski definition) is 2. The topological polar surface area (TPSA) is 53.1 Å². The van der Waals surface area contributed by atoms with Crippen LogP contribution in [0.4, 0.5) is 11.8 Å². The van der Waals surface area contributed by atoms with Crippen molar-refractivity contribution < 1.29 is 0 Å². The quantitative estimate of drug-likeness (QED) is 0.820. The second kappa shape index (κ2) is 7.22. The second-order valence-corrected chi connectivity index (χ2v) is 5.65. The molecule has 0 saturated carbocycles. The Morgan fingerprint density at radius 1 is 1.19 bits per heavy atom. The van der Waals surface area contributed by atoms with E-state index in [1.807, 2.05) is 18.2 Å². The predicted octanol–water partition coefficient (Wildman–Crippen LogP) is 2.81. The Balaban J connectivity index is 2.30. The SMILES string of the molecule is CCCNc1nc(NC(C)CN(C)C)c2ccccc2n1. The van der Waals surface area contributed by atoms with Gasteiger partial charge in [0.15, 0.2) is 0 Å². The summed E-state index contributed by atoms with van der Waals surface area (Å²) in [6.07, 6.45) is 1.05. The van der Waals surface area contributed by atoms with Gasteiger partial charge in [0.2, 0.25) is 5.95 Å². The highest BCUT2D eigenvalue weighted by Crippen LogP contribution is 2.22. The standard InChI is InChI=1S/C16H25N5/c1-5-10-17-16-19-14-9-7-6-8-13(14)15(20-16)18-12(2)11-21(3)4/h6-9,12H,5,10-11H2,1-4H3,(H2,17,18,19,20). The largest absolute Gasteiger partial charge is 0.366 e. The van der Waals surface area contributed by atoms with Crippen LogP contribution in [0.15, 0.2) is 24.3 Å². The third-order valence-corrected chi connectivity index (χ3v) is 3.16. The zero-order valence-electron chi connectivity index (χ0n) is 13.3. The first-order valence-corrected chi connectivity index (χ1v) is 7.52. The molecular formula is C16H25N5. The molecule has 5 heteroatoms. The van der Waals surface area contributed by atoms with Crippen LogP contribution in [0, 0.1) is 0 Å². The van der Waals surface area contributed by atoms with E-state index in [0.717, 1.165) is 36.2 Å². The number of benzene rings is 1. The fraction of sp³-hybridized carbons (Fsp3) is 0.500. The lowest BCUT2D eigenvalue weighted by molar-refractivity contribution is 0.392. The third kappa shape index (κ3) is 4.29. The maximum Gasteiger partial charge on any atom is 0.225 e. The van der Waals surface area contributed by atoms with Gasteiger partial charge >= 0.3 is 0 Å². The summed E-state index contributed by atoms with van der Waals surface area (Å²) in [5.74, 6) is 1.59. The van der Waals surface area contributed by atoms with Crippen molar-refractivity contribution in [3.05, 3.63) is 24.3 Å². The molecule has 2 aromatic rings. The molecule has 1 atom stereocenters. The van der Waals surface area contributed by atoms with Gasteiger partial charge in [0, 0.05) is 24.5 Å². The van der Waals surface area contributed by atoms with Crippen molar-refractivity contribution in [2.75, 3.05) is 37.8 Å². The number of para-hydroxylation sites is 1. The molecule has 5 nitrogen and oxygen atoms in total. The molecule has 0 aliphatic carbocycles. The zero-order chi connectivity index (χ0) is 15.2. The average molecular weight is 287 g/mol. The number of hydrogen-bond acceptors (Lipinski definition) is 5. The summed E-state index contributed by atoms with van der Waals surface area (Å²) < 4.78 is 0. The van der Waals surface area contributed by atoms with Gasteiger partial charge in [-0.25, -0.2) is 4.98 Å². The van der Waals surface area contributed by atoms with Gasteiger partial charge in [-0.15, -0.1) is 0 Å². The molecule has 0 radical (unpaired) electrons. The van der Waals surface area contributed by atoms with Gasteiger partial charge < -0.3 is 15.5 Å². The van der Waals surface area contributed by atoms with E-state index in [9.17, 15) is 0 Å². The number of aromatic nitrogens is 2. The van der Waals surface area contributed by atoms with Crippen molar-refractivity contribution in [1.29, 1.82) is 0 Å². The Morgan fingerprint density at radius 3 is 2.67 bits per heavy atom. The van der Waals surface area contributed by atoms with Crippen LogP contribution in [-0.2, 0) is 0 Å². The molecule has 0 saturated heterocycles. The normalized spacial score (nSPS) is 12.6. The van der Waals surface area contributed by atoms with E-state index in [0.29, 0.717) is 12.0 Å². The summed E-state index contributed by atoms with van der Waals surface area (Å²) >= 11 is 0. The van der Waals surface area contributed by atoms with E-state index in [2.05, 4.69) is 59.5 Å². The van der Waals surface area contributed by atoms with Crippen molar-refractivity contribution in [3.8, 4) is 0 Å². The van der Waals surface area contributed by atoms with Gasteiger partial charge in [-0.2, -0.15) is 4.98 Å². The maximum absolute atomic E-state index is 4.63. The van der Waals surface area contributed by atoms with E-state index in [1.54, 1.807) is 0 Å². The Labute approximate surface area is 126 Å². The molecule has 1 aromatic carbocycles. The van der Waals surface area contributed by atoms with Crippen molar-refractivity contribution in [2.45, 2.75) is 26.3 Å². The highest BCUT2D eigenvalue weighted by atomic mass is 15.2. The Morgan fingerprint density at radius 2 is 1.95 bits per heavy atom. The number of nitrogens with one attached hydrogen (secondary N) is 2. The van der Waals surface area contributed by atoms with Gasteiger partial charge in [-0.1, -0.05) is 19.1 Å². The van der Waals surface area contributed by atoms with Crippen LogP contribution in [0.5, 0.6) is 0 Å². The molecule has 2 N–H and O–H groups in total. The number of rotatable bonds is 7. The van der Waals surface area contributed by atoms with Crippen LogP contribution in [0.1, 0.15) is 20.3 Å². The van der Waals surface area contributed by atoms with E-state index >= 15 is 0 Å². The molecule has 0 bridgehead atoms. The lowest BCUT2D eigenvalue weighted by atomic mass is 10.2. The lowest BCUT2D eigenvalue weighted by Gasteiger charge is -2.20. The molecule has 1 heterocycles. The number of fused-ring (bicyclic) bond motifs is 1. The van der Waals surface area contributed by atoms with Crippen molar-refractivity contribution in [1.82, 2.24) is 14.9 Å². The second-order valence-electron chi connectivity index (χ2n) is 5.65. The molecule has 1 unspecified atom stereocenters. The smallest absolute Gasteiger partial charge is 0.225 e. The molecule has 1 aromatic heterocycles. The molecule has 21 heavy (non-hydrogen) atoms. The highest BCUT2D eigenvalue weighted by Gasteiger charge is 2.10. The van der Waals surface area contributed by atoms with Crippen LogP contribution in [0.3, 0.4) is 0 Å². The van der Waals surface area contributed by atoms with Gasteiger partial charge in [0.25, 0.3) is 0 Å². The average Bonchev–Trinajstić information content (AvgIpc) is 2.44.